The van der Waals surface area contributed by atoms with E-state index in [4.69, 9.17) is 9.47 Å². The average molecular weight is 504 g/mol. The topological polar surface area (TPSA) is 125 Å². The first-order valence-corrected chi connectivity index (χ1v) is 13.0. The van der Waals surface area contributed by atoms with Crippen LogP contribution in [0.15, 0.2) is 24.3 Å². The first kappa shape index (κ1) is 26.3. The number of hydrogen-bond acceptors (Lipinski definition) is 7. The molecule has 3 amide bonds. The second-order valence-corrected chi connectivity index (χ2v) is 10.1. The number of β-amino-alcohol motifs (C(OH)–C–C–N with tert-alkyl or cyclic N) is 1. The van der Waals surface area contributed by atoms with E-state index in [1.165, 1.54) is 4.90 Å². The summed E-state index contributed by atoms with van der Waals surface area (Å²) in [6.07, 6.45) is 8.38. The Morgan fingerprint density at radius 3 is 2.72 bits per heavy atom. The van der Waals surface area contributed by atoms with Crippen LogP contribution in [0.5, 0.6) is 0 Å². The number of ether oxygens (including phenoxy) is 2. The third-order valence-corrected chi connectivity index (χ3v) is 7.65. The molecule has 1 unspecified atom stereocenters. The predicted octanol–water partition coefficient (Wildman–Crippen LogP) is 0.544. The first-order chi connectivity index (χ1) is 17.2. The standard InChI is InChI=1S/C26H37N3O7/c1-4-8-16(2)28-12-7-5-6-9-19(31)27-15-17(3)35-25(34)20-18-10-11-26(36-18)21(20)23(32)29(13-14-30)22(26)24(28)33/h5,7,10-11,16-18,20-22,30H,4,6,8-9,12-15H2,1-3H3,(H,27,31)/b7-5-/t16?,17-,18+,20-,21-,22+,26-/m1/s1. The number of nitrogens with zero attached hydrogens (tertiary/aromatic N) is 2. The van der Waals surface area contributed by atoms with Gasteiger partial charge in [0, 0.05) is 25.6 Å². The zero-order chi connectivity index (χ0) is 26.0. The number of fused-ring (bicyclic) bond motifs is 2. The lowest BCUT2D eigenvalue weighted by Crippen LogP contribution is -2.57. The lowest BCUT2D eigenvalue weighted by molar-refractivity contribution is -0.158. The van der Waals surface area contributed by atoms with Crippen LogP contribution in [0.3, 0.4) is 0 Å². The molecule has 0 aliphatic carbocycles. The van der Waals surface area contributed by atoms with Crippen molar-refractivity contribution >= 4 is 23.7 Å². The molecule has 2 fully saturated rings. The van der Waals surface area contributed by atoms with E-state index in [2.05, 4.69) is 5.32 Å². The van der Waals surface area contributed by atoms with Crippen LogP contribution in [-0.4, -0.2) is 94.7 Å². The number of amides is 3. The molecule has 0 aromatic heterocycles. The number of nitrogens with one attached hydrogen (secondary N) is 1. The quantitative estimate of drug-likeness (QED) is 0.414. The van der Waals surface area contributed by atoms with E-state index in [1.54, 1.807) is 24.0 Å². The Hall–Kier alpha value is -2.72. The molecule has 4 rings (SSSR count). The summed E-state index contributed by atoms with van der Waals surface area (Å²) in [5, 5.41) is 12.5. The van der Waals surface area contributed by atoms with Gasteiger partial charge in [-0.05, 0) is 26.7 Å². The van der Waals surface area contributed by atoms with Crippen LogP contribution in [0.2, 0.25) is 0 Å². The number of rotatable bonds is 5. The maximum Gasteiger partial charge on any atom is 0.313 e. The number of esters is 1. The summed E-state index contributed by atoms with van der Waals surface area (Å²) in [6.45, 7) is 5.81. The number of carbonyl (C=O) groups is 4. The van der Waals surface area contributed by atoms with E-state index in [0.29, 0.717) is 13.0 Å². The van der Waals surface area contributed by atoms with Gasteiger partial charge < -0.3 is 29.7 Å². The zero-order valence-corrected chi connectivity index (χ0v) is 21.2. The summed E-state index contributed by atoms with van der Waals surface area (Å²) in [4.78, 5) is 56.4. The summed E-state index contributed by atoms with van der Waals surface area (Å²) in [7, 11) is 0. The highest BCUT2D eigenvalue weighted by Gasteiger charge is 2.73. The summed E-state index contributed by atoms with van der Waals surface area (Å²) >= 11 is 0. The van der Waals surface area contributed by atoms with Gasteiger partial charge in [-0.1, -0.05) is 37.6 Å². The molecular weight excluding hydrogens is 466 g/mol. The van der Waals surface area contributed by atoms with E-state index >= 15 is 0 Å². The number of aliphatic hydroxyl groups excluding tert-OH is 1. The summed E-state index contributed by atoms with van der Waals surface area (Å²) in [5.41, 5.74) is -1.29. The summed E-state index contributed by atoms with van der Waals surface area (Å²) in [5.74, 6) is -3.24. The number of aliphatic hydroxyl groups is 1. The highest BCUT2D eigenvalue weighted by molar-refractivity contribution is 5.99. The number of cyclic esters (lactones) is 1. The van der Waals surface area contributed by atoms with E-state index < -0.39 is 47.6 Å². The van der Waals surface area contributed by atoms with Crippen molar-refractivity contribution in [1.82, 2.24) is 15.1 Å². The Kier molecular flexibility index (Phi) is 7.85. The SMILES string of the molecule is CCCC(C)N1C/C=C\CCC(=O)NC[C@@H](C)OC(=O)[C@@H]2[C@@H]3C=C[C@]4(O3)[C@H](C1=O)N(CCO)C(=O)[C@@H]24. The fraction of sp³-hybridized carbons (Fsp3) is 0.692. The molecular formula is C26H37N3O7. The number of likely N-dealkylation sites (tertiary alicyclic amines) is 1. The third-order valence-electron chi connectivity index (χ3n) is 7.65. The number of carbonyl (C=O) groups excluding carboxylic acids is 4. The van der Waals surface area contributed by atoms with Gasteiger partial charge in [0.25, 0.3) is 0 Å². The molecule has 10 nitrogen and oxygen atoms in total. The van der Waals surface area contributed by atoms with Gasteiger partial charge in [-0.25, -0.2) is 0 Å². The number of allylic oxidation sites excluding steroid dienone is 1. The normalized spacial score (nSPS) is 36.6. The largest absolute Gasteiger partial charge is 0.460 e. The van der Waals surface area contributed by atoms with E-state index in [1.807, 2.05) is 26.0 Å². The molecule has 2 saturated heterocycles. The van der Waals surface area contributed by atoms with Gasteiger partial charge in [-0.3, -0.25) is 19.2 Å². The number of hydrogen-bond donors (Lipinski definition) is 2. The zero-order valence-electron chi connectivity index (χ0n) is 21.2. The van der Waals surface area contributed by atoms with Crippen LogP contribution in [0.1, 0.15) is 46.5 Å². The van der Waals surface area contributed by atoms with Crippen LogP contribution < -0.4 is 5.32 Å². The first-order valence-electron chi connectivity index (χ1n) is 13.0. The van der Waals surface area contributed by atoms with Crippen molar-refractivity contribution < 1.29 is 33.8 Å². The van der Waals surface area contributed by atoms with Gasteiger partial charge in [-0.2, -0.15) is 0 Å². The maximum absolute atomic E-state index is 14.2. The Morgan fingerprint density at radius 2 is 2.00 bits per heavy atom. The van der Waals surface area contributed by atoms with Crippen molar-refractivity contribution in [2.24, 2.45) is 11.8 Å². The molecule has 0 radical (unpaired) electrons. The van der Waals surface area contributed by atoms with Gasteiger partial charge in [0.15, 0.2) is 0 Å². The predicted molar refractivity (Wildman–Crippen MR) is 129 cm³/mol. The van der Waals surface area contributed by atoms with Crippen molar-refractivity contribution in [2.45, 2.75) is 76.3 Å². The van der Waals surface area contributed by atoms with E-state index in [9.17, 15) is 24.3 Å². The molecule has 0 aromatic rings. The summed E-state index contributed by atoms with van der Waals surface area (Å²) < 4.78 is 11.9. The molecule has 0 saturated carbocycles. The minimum absolute atomic E-state index is 0.0363. The molecule has 0 aromatic carbocycles. The third kappa shape index (κ3) is 4.56. The summed E-state index contributed by atoms with van der Waals surface area (Å²) in [6, 6.07) is -1.10. The Balaban J connectivity index is 1.75. The van der Waals surface area contributed by atoms with Gasteiger partial charge in [0.2, 0.25) is 17.7 Å². The fourth-order valence-corrected chi connectivity index (χ4v) is 5.97. The van der Waals surface area contributed by atoms with Crippen molar-refractivity contribution in [2.75, 3.05) is 26.2 Å². The maximum atomic E-state index is 14.2. The van der Waals surface area contributed by atoms with Crippen LogP contribution >= 0.6 is 0 Å². The van der Waals surface area contributed by atoms with Crippen molar-refractivity contribution in [3.63, 3.8) is 0 Å². The lowest BCUT2D eigenvalue weighted by atomic mass is 9.74. The highest BCUT2D eigenvalue weighted by atomic mass is 16.6. The monoisotopic (exact) mass is 503 g/mol. The second kappa shape index (κ2) is 10.7. The molecule has 198 valence electrons. The molecule has 7 atom stereocenters. The van der Waals surface area contributed by atoms with Crippen molar-refractivity contribution in [3.8, 4) is 0 Å². The molecule has 10 heteroatoms. The molecule has 1 spiro atoms. The molecule has 4 heterocycles. The smallest absolute Gasteiger partial charge is 0.313 e. The van der Waals surface area contributed by atoms with Crippen molar-refractivity contribution in [1.29, 1.82) is 0 Å². The second-order valence-electron chi connectivity index (χ2n) is 10.1. The highest BCUT2D eigenvalue weighted by Crippen LogP contribution is 2.55. The van der Waals surface area contributed by atoms with Crippen molar-refractivity contribution in [3.05, 3.63) is 24.3 Å². The molecule has 4 aliphatic rings. The molecule has 36 heavy (non-hydrogen) atoms. The van der Waals surface area contributed by atoms with Gasteiger partial charge in [0.1, 0.15) is 23.7 Å². The van der Waals surface area contributed by atoms with Crippen LogP contribution in [0, 0.1) is 11.8 Å². The minimum Gasteiger partial charge on any atom is -0.460 e. The van der Waals surface area contributed by atoms with Gasteiger partial charge >= 0.3 is 5.97 Å². The molecule has 2 N–H and O–H groups in total. The van der Waals surface area contributed by atoms with Gasteiger partial charge in [0.05, 0.1) is 25.2 Å². The minimum atomic E-state index is -1.29. The Labute approximate surface area is 211 Å². The Morgan fingerprint density at radius 1 is 1.22 bits per heavy atom. The van der Waals surface area contributed by atoms with Gasteiger partial charge in [-0.15, -0.1) is 0 Å². The lowest BCUT2D eigenvalue weighted by Gasteiger charge is -2.38. The molecule has 4 aliphatic heterocycles. The van der Waals surface area contributed by atoms with Crippen LogP contribution in [0.4, 0.5) is 0 Å². The van der Waals surface area contributed by atoms with E-state index in [-0.39, 0.29) is 44.0 Å². The molecule has 5 bridgehead atoms. The Bertz CT molecular complexity index is 950. The fourth-order valence-electron chi connectivity index (χ4n) is 5.97. The van der Waals surface area contributed by atoms with E-state index in [0.717, 1.165) is 12.8 Å². The van der Waals surface area contributed by atoms with Crippen LogP contribution in [0.25, 0.3) is 0 Å². The van der Waals surface area contributed by atoms with Crippen LogP contribution in [-0.2, 0) is 28.7 Å². The average Bonchev–Trinajstić information content (AvgIpc) is 3.47.